The maximum absolute atomic E-state index is 13.8. The number of nitrogens with one attached hydrogen (secondary N) is 1. The lowest BCUT2D eigenvalue weighted by Crippen LogP contribution is -2.33. The van der Waals surface area contributed by atoms with Crippen LogP contribution in [0, 0.1) is 0 Å². The van der Waals surface area contributed by atoms with Gasteiger partial charge in [-0.1, -0.05) is 6.07 Å². The average Bonchev–Trinajstić information content (AvgIpc) is 3.55. The van der Waals surface area contributed by atoms with E-state index in [1.807, 2.05) is 0 Å². The molecule has 176 valence electrons. The monoisotopic (exact) mass is 470 g/mol. The second-order valence-corrected chi connectivity index (χ2v) is 8.77. The minimum atomic E-state index is -4.56. The maximum Gasteiger partial charge on any atom is 0.435 e. The van der Waals surface area contributed by atoms with Crippen LogP contribution in [-0.4, -0.2) is 35.6 Å². The van der Waals surface area contributed by atoms with Crippen LogP contribution < -0.4 is 19.7 Å². The quantitative estimate of drug-likeness (QED) is 0.620. The Balaban J connectivity index is 1.37. The van der Waals surface area contributed by atoms with E-state index in [1.165, 1.54) is 9.58 Å². The van der Waals surface area contributed by atoms with Crippen molar-refractivity contribution in [1.29, 1.82) is 0 Å². The molecule has 2 bridgehead atoms. The third kappa shape index (κ3) is 3.32. The Morgan fingerprint density at radius 2 is 1.97 bits per heavy atom. The predicted octanol–water partition coefficient (Wildman–Crippen LogP) is 4.25. The van der Waals surface area contributed by atoms with Gasteiger partial charge >= 0.3 is 6.18 Å². The molecule has 1 N–H and O–H groups in total. The van der Waals surface area contributed by atoms with Gasteiger partial charge in [0.15, 0.2) is 17.2 Å². The summed E-state index contributed by atoms with van der Waals surface area (Å²) in [5, 5.41) is 7.26. The Labute approximate surface area is 193 Å². The number of alkyl halides is 3. The van der Waals surface area contributed by atoms with Crippen molar-refractivity contribution in [3.63, 3.8) is 0 Å². The van der Waals surface area contributed by atoms with Crippen molar-refractivity contribution in [2.45, 2.75) is 37.5 Å². The average molecular weight is 470 g/mol. The molecule has 0 saturated carbocycles. The molecule has 1 saturated heterocycles. The van der Waals surface area contributed by atoms with Gasteiger partial charge in [-0.05, 0) is 43.2 Å². The third-order valence-corrected chi connectivity index (χ3v) is 6.70. The summed E-state index contributed by atoms with van der Waals surface area (Å²) in [5.74, 6) is 0.857. The summed E-state index contributed by atoms with van der Waals surface area (Å²) in [6.45, 7) is 0.129. The first-order chi connectivity index (χ1) is 16.3. The molecule has 0 aliphatic carbocycles. The first-order valence-electron chi connectivity index (χ1n) is 11.0. The van der Waals surface area contributed by atoms with E-state index < -0.39 is 11.9 Å². The summed E-state index contributed by atoms with van der Waals surface area (Å²) in [4.78, 5) is 14.7. The van der Waals surface area contributed by atoms with Gasteiger partial charge in [-0.15, -0.1) is 0 Å². The summed E-state index contributed by atoms with van der Waals surface area (Å²) in [6.07, 6.45) is -2.61. The van der Waals surface area contributed by atoms with E-state index in [-0.39, 0.29) is 30.3 Å². The van der Waals surface area contributed by atoms with Gasteiger partial charge in [-0.2, -0.15) is 18.3 Å². The number of hydrogen-bond acceptors (Lipinski definition) is 5. The standard InChI is InChI=1S/C24H21F3N4O3/c1-30(15-6-8-19-20(11-15)34-12-33-19)23(32)13-3-2-4-16(9-13)31-18-10-14-5-7-17(28-14)21(18)22(29-31)24(25,26)27/h2-4,6,8-9,11,14,17,28H,5,7,10,12H2,1H3. The Bertz CT molecular complexity index is 1300. The van der Waals surface area contributed by atoms with Crippen molar-refractivity contribution in [3.8, 4) is 17.2 Å². The number of benzene rings is 2. The summed E-state index contributed by atoms with van der Waals surface area (Å²) in [6, 6.07) is 11.5. The lowest BCUT2D eigenvalue weighted by Gasteiger charge is -2.23. The number of nitrogens with zero attached hydrogens (tertiary/aromatic N) is 3. The van der Waals surface area contributed by atoms with Gasteiger partial charge in [0.1, 0.15) is 0 Å². The van der Waals surface area contributed by atoms with Crippen LogP contribution in [-0.2, 0) is 12.6 Å². The number of aromatic nitrogens is 2. The van der Waals surface area contributed by atoms with E-state index in [4.69, 9.17) is 9.47 Å². The van der Waals surface area contributed by atoms with Crippen LogP contribution >= 0.6 is 0 Å². The number of halogens is 3. The third-order valence-electron chi connectivity index (χ3n) is 6.70. The number of rotatable bonds is 3. The fourth-order valence-corrected chi connectivity index (χ4v) is 5.07. The maximum atomic E-state index is 13.8. The second kappa shape index (κ2) is 7.49. The van der Waals surface area contributed by atoms with Crippen LogP contribution in [0.5, 0.6) is 11.5 Å². The van der Waals surface area contributed by atoms with Crippen molar-refractivity contribution < 1.29 is 27.4 Å². The molecule has 4 heterocycles. The van der Waals surface area contributed by atoms with Gasteiger partial charge in [0.05, 0.1) is 11.4 Å². The van der Waals surface area contributed by atoms with Crippen molar-refractivity contribution in [2.75, 3.05) is 18.7 Å². The normalized spacial score (nSPS) is 20.4. The molecule has 2 atom stereocenters. The topological polar surface area (TPSA) is 68.6 Å². The van der Waals surface area contributed by atoms with Crippen molar-refractivity contribution >= 4 is 11.6 Å². The first kappa shape index (κ1) is 21.0. The smallest absolute Gasteiger partial charge is 0.435 e. The highest BCUT2D eigenvalue weighted by Gasteiger charge is 2.45. The SMILES string of the molecule is CN(C(=O)c1cccc(-n2nc(C(F)(F)F)c3c2CC2CCC3N2)c1)c1ccc2c(c1)OCO2. The Morgan fingerprint density at radius 1 is 1.15 bits per heavy atom. The molecule has 0 radical (unpaired) electrons. The highest BCUT2D eigenvalue weighted by Crippen LogP contribution is 2.44. The molecule has 1 aromatic heterocycles. The van der Waals surface area contributed by atoms with E-state index in [1.54, 1.807) is 49.5 Å². The Kier molecular flexibility index (Phi) is 4.63. The highest BCUT2D eigenvalue weighted by molar-refractivity contribution is 6.06. The van der Waals surface area contributed by atoms with E-state index in [2.05, 4.69) is 10.4 Å². The lowest BCUT2D eigenvalue weighted by atomic mass is 9.99. The minimum absolute atomic E-state index is 0.129. The molecule has 2 unspecified atom stereocenters. The highest BCUT2D eigenvalue weighted by atomic mass is 19.4. The van der Waals surface area contributed by atoms with Gasteiger partial charge in [0.25, 0.3) is 5.91 Å². The number of fused-ring (bicyclic) bond motifs is 5. The van der Waals surface area contributed by atoms with Crippen LogP contribution in [0.25, 0.3) is 5.69 Å². The zero-order chi connectivity index (χ0) is 23.6. The number of carbonyl (C=O) groups is 1. The largest absolute Gasteiger partial charge is 0.454 e. The zero-order valence-corrected chi connectivity index (χ0v) is 18.2. The van der Waals surface area contributed by atoms with E-state index in [9.17, 15) is 18.0 Å². The van der Waals surface area contributed by atoms with Crippen molar-refractivity contribution in [2.24, 2.45) is 0 Å². The molecular formula is C24H21F3N4O3. The second-order valence-electron chi connectivity index (χ2n) is 8.77. The molecule has 0 spiro atoms. The first-order valence-corrected chi connectivity index (χ1v) is 11.0. The van der Waals surface area contributed by atoms with Gasteiger partial charge in [-0.3, -0.25) is 4.79 Å². The Morgan fingerprint density at radius 3 is 2.79 bits per heavy atom. The number of amides is 1. The van der Waals surface area contributed by atoms with E-state index >= 15 is 0 Å². The molecule has 34 heavy (non-hydrogen) atoms. The number of anilines is 1. The molecule has 7 nitrogen and oxygen atoms in total. The molecule has 3 aromatic rings. The van der Waals surface area contributed by atoms with Crippen LogP contribution in [0.1, 0.15) is 46.2 Å². The summed E-state index contributed by atoms with van der Waals surface area (Å²) in [5.41, 5.74) is 1.32. The number of ether oxygens (including phenoxy) is 2. The van der Waals surface area contributed by atoms with E-state index in [0.29, 0.717) is 47.0 Å². The van der Waals surface area contributed by atoms with Gasteiger partial charge in [-0.25, -0.2) is 4.68 Å². The number of hydrogen-bond donors (Lipinski definition) is 1. The summed E-state index contributed by atoms with van der Waals surface area (Å²) in [7, 11) is 1.63. The van der Waals surface area contributed by atoms with Crippen LogP contribution in [0.2, 0.25) is 0 Å². The van der Waals surface area contributed by atoms with Gasteiger partial charge in [0, 0.05) is 48.4 Å². The molecule has 1 amide bonds. The summed E-state index contributed by atoms with van der Waals surface area (Å²) >= 11 is 0. The van der Waals surface area contributed by atoms with Crippen LogP contribution in [0.15, 0.2) is 42.5 Å². The van der Waals surface area contributed by atoms with Gasteiger partial charge in [0.2, 0.25) is 6.79 Å². The molecule has 6 rings (SSSR count). The lowest BCUT2D eigenvalue weighted by molar-refractivity contribution is -0.142. The molecular weight excluding hydrogens is 449 g/mol. The fraction of sp³-hybridized carbons (Fsp3) is 0.333. The summed E-state index contributed by atoms with van der Waals surface area (Å²) < 4.78 is 53.6. The van der Waals surface area contributed by atoms with Gasteiger partial charge < -0.3 is 19.7 Å². The Hall–Kier alpha value is -3.53. The van der Waals surface area contributed by atoms with Crippen molar-refractivity contribution in [3.05, 3.63) is 65.0 Å². The molecule has 10 heteroatoms. The van der Waals surface area contributed by atoms with Crippen molar-refractivity contribution in [1.82, 2.24) is 15.1 Å². The predicted molar refractivity (Wildman–Crippen MR) is 116 cm³/mol. The molecule has 3 aliphatic heterocycles. The zero-order valence-electron chi connectivity index (χ0n) is 18.2. The number of carbonyl (C=O) groups excluding carboxylic acids is 1. The van der Waals surface area contributed by atoms with Crippen LogP contribution in [0.3, 0.4) is 0 Å². The minimum Gasteiger partial charge on any atom is -0.454 e. The fourth-order valence-electron chi connectivity index (χ4n) is 5.07. The molecule has 2 aromatic carbocycles. The molecule has 1 fully saturated rings. The molecule has 3 aliphatic rings. The van der Waals surface area contributed by atoms with E-state index in [0.717, 1.165) is 6.42 Å². The van der Waals surface area contributed by atoms with Crippen LogP contribution in [0.4, 0.5) is 18.9 Å².